The highest BCUT2D eigenvalue weighted by Crippen LogP contribution is 2.78. The summed E-state index contributed by atoms with van der Waals surface area (Å²) in [5.41, 5.74) is 1.20. The Kier molecular flexibility index (Phi) is 7.48. The minimum atomic E-state index is -0.790. The van der Waals surface area contributed by atoms with Crippen molar-refractivity contribution < 1.29 is 19.7 Å². The van der Waals surface area contributed by atoms with Gasteiger partial charge in [-0.2, -0.15) is 0 Å². The average Bonchev–Trinajstić information content (AvgIpc) is 3.35. The summed E-state index contributed by atoms with van der Waals surface area (Å²) in [5, 5.41) is 23.8. The zero-order chi connectivity index (χ0) is 32.7. The van der Waals surface area contributed by atoms with Crippen molar-refractivity contribution >= 4 is 5.78 Å². The molecule has 2 spiro atoms. The molecule has 0 radical (unpaired) electrons. The molecule has 1 saturated heterocycles. The number of benzene rings is 2. The number of β-amino-alcohol motifs (C(OH)–C–C–N with tert-alkyl or cyclic N) is 1. The van der Waals surface area contributed by atoms with Crippen LogP contribution in [0, 0.1) is 39.4 Å². The molecule has 250 valence electrons. The summed E-state index contributed by atoms with van der Waals surface area (Å²) in [6.45, 7) is 7.62. The standard InChI is InChI=1S/C42H53NO4/c1-38-18-13-32(44)26-40(38)21-22-42(34(27-40)37(45)31-9-11-33(47-3)12-10-31)35(38)14-19-39(2)36(42)15-20-41(39,46)28-43-23-16-30(17-24-43)25-29-7-5-4-6-8-29/h4-12,21-22,27,30,32,35-36,44,46H,13-20,23-26,28H2,1-3H3/t32?,35-,36-,38-,39+,40+,41-,42-/m1/s1. The van der Waals surface area contributed by atoms with E-state index >= 15 is 0 Å². The van der Waals surface area contributed by atoms with Gasteiger partial charge in [-0.05, 0) is 130 Å². The summed E-state index contributed by atoms with van der Waals surface area (Å²) in [5.74, 6) is 2.03. The van der Waals surface area contributed by atoms with E-state index in [1.54, 1.807) is 7.11 Å². The number of piperidine rings is 1. The molecule has 2 bridgehead atoms. The topological polar surface area (TPSA) is 70.0 Å². The van der Waals surface area contributed by atoms with Crippen molar-refractivity contribution in [1.29, 1.82) is 0 Å². The number of ether oxygens (including phenoxy) is 1. The lowest BCUT2D eigenvalue weighted by molar-refractivity contribution is -0.177. The van der Waals surface area contributed by atoms with Crippen molar-refractivity contribution in [2.45, 2.75) is 89.8 Å². The number of Topliss-reactive ketones (excluding diaryl/α,β-unsaturated/α-hetero) is 1. The fourth-order valence-electron chi connectivity index (χ4n) is 12.2. The second-order valence-corrected chi connectivity index (χ2v) is 16.8. The van der Waals surface area contributed by atoms with Crippen LogP contribution >= 0.6 is 0 Å². The Bertz CT molecular complexity index is 1580. The second-order valence-electron chi connectivity index (χ2n) is 16.8. The molecule has 4 fully saturated rings. The van der Waals surface area contributed by atoms with Crippen molar-refractivity contribution in [3.05, 3.63) is 89.5 Å². The Morgan fingerprint density at radius 2 is 1.55 bits per heavy atom. The number of aliphatic hydroxyl groups excluding tert-OH is 1. The zero-order valence-electron chi connectivity index (χ0n) is 28.6. The van der Waals surface area contributed by atoms with Crippen molar-refractivity contribution in [3.8, 4) is 5.75 Å². The first-order valence-electron chi connectivity index (χ1n) is 18.4. The molecule has 2 aromatic carbocycles. The fraction of sp³-hybridized carbons (Fsp3) is 0.595. The highest BCUT2D eigenvalue weighted by Gasteiger charge is 2.74. The molecule has 7 aliphatic rings. The van der Waals surface area contributed by atoms with E-state index in [1.807, 2.05) is 24.3 Å². The number of carbonyl (C=O) groups is 1. The maximum absolute atomic E-state index is 14.8. The van der Waals surface area contributed by atoms with Crippen LogP contribution in [0.3, 0.4) is 0 Å². The molecule has 1 aliphatic heterocycles. The van der Waals surface area contributed by atoms with Crippen molar-refractivity contribution in [2.75, 3.05) is 26.7 Å². The van der Waals surface area contributed by atoms with Gasteiger partial charge in [0.25, 0.3) is 0 Å². The molecule has 5 nitrogen and oxygen atoms in total. The summed E-state index contributed by atoms with van der Waals surface area (Å²) >= 11 is 0. The molecule has 2 aromatic rings. The number of fused-ring (bicyclic) bond motifs is 1. The lowest BCUT2D eigenvalue weighted by Gasteiger charge is -2.71. The summed E-state index contributed by atoms with van der Waals surface area (Å²) in [7, 11) is 1.65. The van der Waals surface area contributed by atoms with E-state index in [9.17, 15) is 15.0 Å². The molecule has 1 heterocycles. The third kappa shape index (κ3) is 4.55. The van der Waals surface area contributed by atoms with Crippen molar-refractivity contribution in [3.63, 3.8) is 0 Å². The summed E-state index contributed by atoms with van der Waals surface area (Å²) < 4.78 is 5.41. The summed E-state index contributed by atoms with van der Waals surface area (Å²) in [4.78, 5) is 17.3. The first-order valence-corrected chi connectivity index (χ1v) is 18.4. The van der Waals surface area contributed by atoms with Gasteiger partial charge in [0.2, 0.25) is 0 Å². The Balaban J connectivity index is 1.11. The van der Waals surface area contributed by atoms with E-state index in [0.717, 1.165) is 75.9 Å². The SMILES string of the molecule is COc1ccc(C(=O)C2=C[C@@]34C=C[C@@]25[C@@H]2CC[C@@](O)(CN6CCC(Cc7ccccc7)CC6)[C@@]2(C)CC[C@@H]5[C@@]3(C)CCC(O)C4)cc1. The molecular formula is C42H53NO4. The first-order chi connectivity index (χ1) is 22.6. The third-order valence-electron chi connectivity index (χ3n) is 14.9. The number of nitrogens with zero attached hydrogens (tertiary/aromatic N) is 1. The minimum absolute atomic E-state index is 0.0205. The van der Waals surface area contributed by atoms with Crippen LogP contribution in [0.4, 0.5) is 0 Å². The number of methoxy groups -OCH3 is 1. The van der Waals surface area contributed by atoms with Crippen LogP contribution in [0.1, 0.15) is 87.6 Å². The molecule has 47 heavy (non-hydrogen) atoms. The van der Waals surface area contributed by atoms with Gasteiger partial charge < -0.3 is 19.8 Å². The average molecular weight is 636 g/mol. The lowest BCUT2D eigenvalue weighted by Crippen LogP contribution is -2.67. The Morgan fingerprint density at radius 3 is 2.28 bits per heavy atom. The smallest absolute Gasteiger partial charge is 0.189 e. The minimum Gasteiger partial charge on any atom is -0.497 e. The van der Waals surface area contributed by atoms with Crippen LogP contribution in [0.5, 0.6) is 5.75 Å². The molecule has 9 rings (SSSR count). The van der Waals surface area contributed by atoms with Gasteiger partial charge in [-0.3, -0.25) is 4.79 Å². The van der Waals surface area contributed by atoms with Crippen LogP contribution in [-0.2, 0) is 6.42 Å². The van der Waals surface area contributed by atoms with E-state index in [0.29, 0.717) is 23.8 Å². The Hall–Kier alpha value is -2.73. The third-order valence-corrected chi connectivity index (χ3v) is 14.9. The highest BCUT2D eigenvalue weighted by atomic mass is 16.5. The monoisotopic (exact) mass is 635 g/mol. The molecule has 1 unspecified atom stereocenters. The number of rotatable bonds is 7. The number of carbonyl (C=O) groups excluding carboxylic acids is 1. The van der Waals surface area contributed by atoms with Gasteiger partial charge in [0.1, 0.15) is 5.75 Å². The summed E-state index contributed by atoms with van der Waals surface area (Å²) in [6, 6.07) is 18.4. The molecule has 8 atom stereocenters. The van der Waals surface area contributed by atoms with Gasteiger partial charge in [0, 0.05) is 33.9 Å². The lowest BCUT2D eigenvalue weighted by atomic mass is 9.32. The largest absolute Gasteiger partial charge is 0.497 e. The predicted molar refractivity (Wildman–Crippen MR) is 185 cm³/mol. The van der Waals surface area contributed by atoms with Gasteiger partial charge >= 0.3 is 0 Å². The Morgan fingerprint density at radius 1 is 0.872 bits per heavy atom. The first kappa shape index (κ1) is 31.5. The number of ketones is 1. The fourth-order valence-corrected chi connectivity index (χ4v) is 12.2. The molecule has 0 aromatic heterocycles. The maximum atomic E-state index is 14.8. The van der Waals surface area contributed by atoms with E-state index < -0.39 is 11.0 Å². The van der Waals surface area contributed by atoms with Gasteiger partial charge in [-0.25, -0.2) is 0 Å². The van der Waals surface area contributed by atoms with Gasteiger partial charge in [0.05, 0.1) is 18.8 Å². The normalized spacial score (nSPS) is 41.1. The van der Waals surface area contributed by atoms with Crippen LogP contribution in [0.25, 0.3) is 0 Å². The molecule has 0 amide bonds. The van der Waals surface area contributed by atoms with Crippen LogP contribution < -0.4 is 4.74 Å². The Labute approximate surface area is 281 Å². The van der Waals surface area contributed by atoms with Gasteiger partial charge in [0.15, 0.2) is 5.78 Å². The summed E-state index contributed by atoms with van der Waals surface area (Å²) in [6.07, 6.45) is 16.5. The van der Waals surface area contributed by atoms with E-state index in [-0.39, 0.29) is 34.1 Å². The van der Waals surface area contributed by atoms with Crippen LogP contribution in [0.2, 0.25) is 0 Å². The number of hydrogen-bond donors (Lipinski definition) is 2. The van der Waals surface area contributed by atoms with E-state index in [2.05, 4.69) is 67.3 Å². The van der Waals surface area contributed by atoms with Crippen LogP contribution in [0.15, 0.2) is 78.4 Å². The molecule has 6 aliphatic carbocycles. The number of allylic oxidation sites excluding steroid dienone is 4. The molecule has 5 heteroatoms. The van der Waals surface area contributed by atoms with E-state index in [4.69, 9.17) is 4.74 Å². The zero-order valence-corrected chi connectivity index (χ0v) is 28.6. The number of hydrogen-bond acceptors (Lipinski definition) is 5. The van der Waals surface area contributed by atoms with Crippen LogP contribution in [-0.4, -0.2) is 59.3 Å². The maximum Gasteiger partial charge on any atom is 0.189 e. The molecular weight excluding hydrogens is 582 g/mol. The number of aliphatic hydroxyl groups is 2. The molecule has 3 saturated carbocycles. The van der Waals surface area contributed by atoms with Crippen molar-refractivity contribution in [1.82, 2.24) is 4.90 Å². The quantitative estimate of drug-likeness (QED) is 0.245. The highest BCUT2D eigenvalue weighted by molar-refractivity contribution is 6.10. The number of likely N-dealkylation sites (tertiary alicyclic amines) is 1. The van der Waals surface area contributed by atoms with E-state index in [1.165, 1.54) is 18.4 Å². The van der Waals surface area contributed by atoms with Crippen molar-refractivity contribution in [2.24, 2.45) is 39.4 Å². The second kappa shape index (κ2) is 11.1. The van der Waals surface area contributed by atoms with Gasteiger partial charge in [-0.1, -0.05) is 62.4 Å². The molecule has 2 N–H and O–H groups in total. The van der Waals surface area contributed by atoms with Gasteiger partial charge in [-0.15, -0.1) is 0 Å². The predicted octanol–water partition coefficient (Wildman–Crippen LogP) is 7.42.